The van der Waals surface area contributed by atoms with Crippen molar-refractivity contribution < 1.29 is 13.2 Å². The molecule has 2 N–H and O–H groups in total. The van der Waals surface area contributed by atoms with Crippen LogP contribution in [0.15, 0.2) is 23.1 Å². The van der Waals surface area contributed by atoms with E-state index in [2.05, 4.69) is 0 Å². The fourth-order valence-electron chi connectivity index (χ4n) is 2.64. The molecule has 0 bridgehead atoms. The van der Waals surface area contributed by atoms with E-state index < -0.39 is 10.0 Å². The predicted molar refractivity (Wildman–Crippen MR) is 83.2 cm³/mol. The molecule has 0 unspecified atom stereocenters. The molecule has 118 valence electrons. The first-order chi connectivity index (χ1) is 9.86. The quantitative estimate of drug-likeness (QED) is 0.917. The van der Waals surface area contributed by atoms with Gasteiger partial charge in [-0.25, -0.2) is 8.42 Å². The lowest BCUT2D eigenvalue weighted by molar-refractivity contribution is 0.268. The van der Waals surface area contributed by atoms with Crippen LogP contribution in [0.3, 0.4) is 0 Å². The number of halogens is 1. The summed E-state index contributed by atoms with van der Waals surface area (Å²) in [5.41, 5.74) is 5.87. The molecule has 0 spiro atoms. The zero-order valence-corrected chi connectivity index (χ0v) is 13.8. The Morgan fingerprint density at radius 2 is 1.90 bits per heavy atom. The van der Waals surface area contributed by atoms with Gasteiger partial charge in [0, 0.05) is 19.1 Å². The van der Waals surface area contributed by atoms with Crippen LogP contribution >= 0.6 is 11.6 Å². The summed E-state index contributed by atoms with van der Waals surface area (Å²) in [5.74, 6) is 0.460. The summed E-state index contributed by atoms with van der Waals surface area (Å²) in [7, 11) is -0.438. The highest BCUT2D eigenvalue weighted by Gasteiger charge is 2.31. The number of hydrogen-bond acceptors (Lipinski definition) is 4. The summed E-state index contributed by atoms with van der Waals surface area (Å²) in [6.07, 6.45) is 3.29. The summed E-state index contributed by atoms with van der Waals surface area (Å²) >= 11 is 6.02. The van der Waals surface area contributed by atoms with Gasteiger partial charge in [0.1, 0.15) is 5.75 Å². The second kappa shape index (κ2) is 6.52. The van der Waals surface area contributed by atoms with Crippen molar-refractivity contribution in [3.63, 3.8) is 0 Å². The lowest BCUT2D eigenvalue weighted by Gasteiger charge is -2.32. The molecule has 1 aromatic rings. The molecule has 0 atom stereocenters. The fraction of sp³-hybridized carbons (Fsp3) is 0.571. The second-order valence-corrected chi connectivity index (χ2v) is 7.79. The Labute approximate surface area is 131 Å². The van der Waals surface area contributed by atoms with E-state index in [1.807, 2.05) is 0 Å². The lowest BCUT2D eigenvalue weighted by Crippen LogP contribution is -2.41. The Morgan fingerprint density at radius 3 is 2.43 bits per heavy atom. The van der Waals surface area contributed by atoms with E-state index in [1.54, 1.807) is 13.1 Å². The second-order valence-electron chi connectivity index (χ2n) is 5.39. The van der Waals surface area contributed by atoms with Gasteiger partial charge in [-0.15, -0.1) is 0 Å². The van der Waals surface area contributed by atoms with Crippen LogP contribution in [0.1, 0.15) is 25.7 Å². The summed E-state index contributed by atoms with van der Waals surface area (Å²) < 4.78 is 31.8. The number of nitrogens with zero attached hydrogens (tertiary/aromatic N) is 1. The first kappa shape index (κ1) is 16.5. The van der Waals surface area contributed by atoms with E-state index in [4.69, 9.17) is 22.1 Å². The van der Waals surface area contributed by atoms with E-state index in [0.29, 0.717) is 5.75 Å². The van der Waals surface area contributed by atoms with Crippen LogP contribution in [-0.4, -0.2) is 39.0 Å². The minimum atomic E-state index is -3.55. The number of methoxy groups -OCH3 is 1. The maximum atomic E-state index is 12.7. The van der Waals surface area contributed by atoms with Crippen molar-refractivity contribution >= 4 is 21.6 Å². The SMILES string of the molecule is COc1ccc(S(=O)(=O)N(C)C2CCC(N)CC2)cc1Cl. The molecule has 0 radical (unpaired) electrons. The van der Waals surface area contributed by atoms with Crippen LogP contribution in [-0.2, 0) is 10.0 Å². The molecule has 2 rings (SSSR count). The molecule has 0 aliphatic heterocycles. The molecule has 1 aliphatic carbocycles. The minimum Gasteiger partial charge on any atom is -0.495 e. The molecular formula is C14H21ClN2O3S. The van der Waals surface area contributed by atoms with Crippen molar-refractivity contribution in [2.75, 3.05) is 14.2 Å². The zero-order valence-electron chi connectivity index (χ0n) is 12.3. The Hall–Kier alpha value is -0.820. The number of benzene rings is 1. The molecule has 1 saturated carbocycles. The minimum absolute atomic E-state index is 0.00400. The van der Waals surface area contributed by atoms with Gasteiger partial charge in [-0.1, -0.05) is 11.6 Å². The van der Waals surface area contributed by atoms with Gasteiger partial charge in [-0.3, -0.25) is 0 Å². The highest BCUT2D eigenvalue weighted by molar-refractivity contribution is 7.89. The van der Waals surface area contributed by atoms with E-state index >= 15 is 0 Å². The van der Waals surface area contributed by atoms with Crippen LogP contribution in [0.25, 0.3) is 0 Å². The third-order valence-corrected chi connectivity index (χ3v) is 6.26. The Balaban J connectivity index is 2.22. The topological polar surface area (TPSA) is 72.6 Å². The molecule has 0 heterocycles. The monoisotopic (exact) mass is 332 g/mol. The Morgan fingerprint density at radius 1 is 1.29 bits per heavy atom. The molecule has 1 fully saturated rings. The van der Waals surface area contributed by atoms with Gasteiger partial charge < -0.3 is 10.5 Å². The molecule has 5 nitrogen and oxygen atoms in total. The maximum absolute atomic E-state index is 12.7. The average Bonchev–Trinajstić information content (AvgIpc) is 2.47. The normalized spacial score (nSPS) is 23.3. The van der Waals surface area contributed by atoms with Gasteiger partial charge in [0.05, 0.1) is 17.0 Å². The summed E-state index contributed by atoms with van der Waals surface area (Å²) in [5, 5.41) is 0.289. The molecule has 1 aliphatic rings. The average molecular weight is 333 g/mol. The van der Waals surface area contributed by atoms with E-state index in [0.717, 1.165) is 25.7 Å². The standard InChI is InChI=1S/C14H21ClN2O3S/c1-17(11-5-3-10(16)4-6-11)21(18,19)12-7-8-14(20-2)13(15)9-12/h7-11H,3-6,16H2,1-2H3. The first-order valence-corrected chi connectivity index (χ1v) is 8.75. The molecule has 0 amide bonds. The van der Waals surface area contributed by atoms with Gasteiger partial charge in [-0.05, 0) is 43.9 Å². The van der Waals surface area contributed by atoms with E-state index in [-0.39, 0.29) is 22.0 Å². The molecule has 7 heteroatoms. The summed E-state index contributed by atoms with van der Waals surface area (Å²) in [4.78, 5) is 0.186. The van der Waals surface area contributed by atoms with Crippen LogP contribution in [0.5, 0.6) is 5.75 Å². The van der Waals surface area contributed by atoms with Gasteiger partial charge in [0.15, 0.2) is 0 Å². The van der Waals surface area contributed by atoms with Gasteiger partial charge in [0.2, 0.25) is 10.0 Å². The van der Waals surface area contributed by atoms with Crippen molar-refractivity contribution in [3.05, 3.63) is 23.2 Å². The van der Waals surface area contributed by atoms with Crippen molar-refractivity contribution in [2.45, 2.75) is 42.7 Å². The Bertz CT molecular complexity index is 598. The van der Waals surface area contributed by atoms with Crippen molar-refractivity contribution in [2.24, 2.45) is 5.73 Å². The highest BCUT2D eigenvalue weighted by Crippen LogP contribution is 2.30. The third kappa shape index (κ3) is 3.51. The molecule has 21 heavy (non-hydrogen) atoms. The first-order valence-electron chi connectivity index (χ1n) is 6.93. The fourth-order valence-corrected chi connectivity index (χ4v) is 4.40. The predicted octanol–water partition coefficient (Wildman–Crippen LogP) is 2.24. The summed E-state index contributed by atoms with van der Waals surface area (Å²) in [6.45, 7) is 0. The molecule has 0 saturated heterocycles. The van der Waals surface area contributed by atoms with Crippen LogP contribution in [0, 0.1) is 0 Å². The number of hydrogen-bond donors (Lipinski definition) is 1. The van der Waals surface area contributed by atoms with Crippen molar-refractivity contribution in [1.82, 2.24) is 4.31 Å². The zero-order chi connectivity index (χ0) is 15.6. The van der Waals surface area contributed by atoms with Crippen LogP contribution in [0.4, 0.5) is 0 Å². The number of rotatable bonds is 4. The van der Waals surface area contributed by atoms with E-state index in [9.17, 15) is 8.42 Å². The number of ether oxygens (including phenoxy) is 1. The van der Waals surface area contributed by atoms with Crippen LogP contribution < -0.4 is 10.5 Å². The van der Waals surface area contributed by atoms with Crippen molar-refractivity contribution in [1.29, 1.82) is 0 Å². The smallest absolute Gasteiger partial charge is 0.243 e. The number of nitrogens with two attached hydrogens (primary N) is 1. The van der Waals surface area contributed by atoms with Gasteiger partial charge in [0.25, 0.3) is 0 Å². The molecule has 1 aromatic carbocycles. The van der Waals surface area contributed by atoms with Crippen LogP contribution in [0.2, 0.25) is 5.02 Å². The summed E-state index contributed by atoms with van der Waals surface area (Å²) in [6, 6.07) is 4.70. The van der Waals surface area contributed by atoms with E-state index in [1.165, 1.54) is 23.5 Å². The van der Waals surface area contributed by atoms with Gasteiger partial charge >= 0.3 is 0 Å². The Kier molecular flexibility index (Phi) is 5.14. The van der Waals surface area contributed by atoms with Gasteiger partial charge in [-0.2, -0.15) is 4.31 Å². The lowest BCUT2D eigenvalue weighted by atomic mass is 9.92. The third-order valence-electron chi connectivity index (χ3n) is 4.06. The number of sulfonamides is 1. The molecular weight excluding hydrogens is 312 g/mol. The largest absolute Gasteiger partial charge is 0.495 e. The van der Waals surface area contributed by atoms with Crippen molar-refractivity contribution in [3.8, 4) is 5.75 Å². The maximum Gasteiger partial charge on any atom is 0.243 e. The molecule has 0 aromatic heterocycles. The highest BCUT2D eigenvalue weighted by atomic mass is 35.5.